The van der Waals surface area contributed by atoms with Gasteiger partial charge in [0.2, 0.25) is 0 Å². The van der Waals surface area contributed by atoms with Crippen molar-refractivity contribution in [2.24, 2.45) is 0 Å². The SMILES string of the molecule is Cc1ccc(C(=O)Nc2cc(Br)ccn2)c(C)c1. The van der Waals surface area contributed by atoms with Gasteiger partial charge in [0, 0.05) is 16.2 Å². The lowest BCUT2D eigenvalue weighted by molar-refractivity contribution is 0.102. The summed E-state index contributed by atoms with van der Waals surface area (Å²) in [6, 6.07) is 9.33. The summed E-state index contributed by atoms with van der Waals surface area (Å²) in [5, 5.41) is 2.78. The van der Waals surface area contributed by atoms with Crippen LogP contribution in [0.2, 0.25) is 0 Å². The van der Waals surface area contributed by atoms with Gasteiger partial charge >= 0.3 is 0 Å². The number of nitrogens with zero attached hydrogens (tertiary/aromatic N) is 1. The molecule has 0 unspecified atom stereocenters. The summed E-state index contributed by atoms with van der Waals surface area (Å²) in [5.41, 5.74) is 2.77. The van der Waals surface area contributed by atoms with Crippen LogP contribution in [0.4, 0.5) is 5.82 Å². The van der Waals surface area contributed by atoms with Crippen molar-refractivity contribution in [1.82, 2.24) is 4.98 Å². The highest BCUT2D eigenvalue weighted by molar-refractivity contribution is 9.10. The highest BCUT2D eigenvalue weighted by atomic mass is 79.9. The van der Waals surface area contributed by atoms with Crippen LogP contribution in [0.5, 0.6) is 0 Å². The third kappa shape index (κ3) is 2.96. The minimum absolute atomic E-state index is 0.141. The second-order valence-corrected chi connectivity index (χ2v) is 5.05. The Balaban J connectivity index is 2.22. The fourth-order valence-electron chi connectivity index (χ4n) is 1.73. The number of anilines is 1. The zero-order valence-electron chi connectivity index (χ0n) is 10.2. The molecule has 3 nitrogen and oxygen atoms in total. The Morgan fingerprint density at radius 2 is 2.00 bits per heavy atom. The third-order valence-electron chi connectivity index (χ3n) is 2.59. The van der Waals surface area contributed by atoms with Crippen LogP contribution in [0.25, 0.3) is 0 Å². The number of nitrogens with one attached hydrogen (secondary N) is 1. The lowest BCUT2D eigenvalue weighted by Crippen LogP contribution is -2.14. The van der Waals surface area contributed by atoms with Gasteiger partial charge in [-0.1, -0.05) is 33.6 Å². The van der Waals surface area contributed by atoms with Crippen molar-refractivity contribution in [2.45, 2.75) is 13.8 Å². The molecular weight excluding hydrogens is 292 g/mol. The predicted octanol–water partition coefficient (Wildman–Crippen LogP) is 3.71. The number of hydrogen-bond donors (Lipinski definition) is 1. The van der Waals surface area contributed by atoms with Gasteiger partial charge in [0.05, 0.1) is 0 Å². The normalized spacial score (nSPS) is 10.2. The van der Waals surface area contributed by atoms with Gasteiger partial charge in [-0.2, -0.15) is 0 Å². The number of carbonyl (C=O) groups excluding carboxylic acids is 1. The number of hydrogen-bond acceptors (Lipinski definition) is 2. The average molecular weight is 305 g/mol. The van der Waals surface area contributed by atoms with E-state index in [1.807, 2.05) is 38.1 Å². The third-order valence-corrected chi connectivity index (χ3v) is 3.08. The number of aryl methyl sites for hydroxylation is 2. The lowest BCUT2D eigenvalue weighted by Gasteiger charge is -2.07. The molecule has 18 heavy (non-hydrogen) atoms. The van der Waals surface area contributed by atoms with E-state index in [2.05, 4.69) is 26.2 Å². The predicted molar refractivity (Wildman–Crippen MR) is 75.8 cm³/mol. The van der Waals surface area contributed by atoms with Gasteiger partial charge in [0.15, 0.2) is 0 Å². The number of aromatic nitrogens is 1. The van der Waals surface area contributed by atoms with E-state index in [4.69, 9.17) is 0 Å². The molecule has 0 saturated carbocycles. The topological polar surface area (TPSA) is 42.0 Å². The molecule has 1 N–H and O–H groups in total. The van der Waals surface area contributed by atoms with E-state index in [0.29, 0.717) is 11.4 Å². The van der Waals surface area contributed by atoms with E-state index < -0.39 is 0 Å². The summed E-state index contributed by atoms with van der Waals surface area (Å²) >= 11 is 3.34. The molecule has 0 aliphatic heterocycles. The molecule has 0 fully saturated rings. The number of rotatable bonds is 2. The maximum atomic E-state index is 12.1. The Morgan fingerprint density at radius 3 is 2.67 bits per heavy atom. The fourth-order valence-corrected chi connectivity index (χ4v) is 2.06. The molecule has 0 radical (unpaired) electrons. The number of pyridine rings is 1. The molecule has 1 amide bonds. The first-order valence-corrected chi connectivity index (χ1v) is 6.36. The molecule has 1 aromatic heterocycles. The highest BCUT2D eigenvalue weighted by Gasteiger charge is 2.09. The van der Waals surface area contributed by atoms with E-state index in [0.717, 1.165) is 15.6 Å². The van der Waals surface area contributed by atoms with Crippen molar-refractivity contribution < 1.29 is 4.79 Å². The van der Waals surface area contributed by atoms with Gasteiger partial charge in [-0.3, -0.25) is 4.79 Å². The maximum absolute atomic E-state index is 12.1. The van der Waals surface area contributed by atoms with Crippen LogP contribution < -0.4 is 5.32 Å². The number of benzene rings is 1. The van der Waals surface area contributed by atoms with E-state index in [1.54, 1.807) is 12.3 Å². The molecule has 0 spiro atoms. The Bertz CT molecular complexity index is 596. The van der Waals surface area contributed by atoms with Crippen molar-refractivity contribution in [3.63, 3.8) is 0 Å². The molecule has 0 atom stereocenters. The van der Waals surface area contributed by atoms with Crippen molar-refractivity contribution in [3.8, 4) is 0 Å². The Labute approximate surface area is 114 Å². The summed E-state index contributed by atoms with van der Waals surface area (Å²) < 4.78 is 0.883. The monoisotopic (exact) mass is 304 g/mol. The van der Waals surface area contributed by atoms with Crippen molar-refractivity contribution in [2.75, 3.05) is 5.32 Å². The first-order chi connectivity index (χ1) is 8.56. The number of halogens is 1. The molecule has 0 aliphatic carbocycles. The van der Waals surface area contributed by atoms with Gasteiger partial charge < -0.3 is 5.32 Å². The van der Waals surface area contributed by atoms with E-state index in [1.165, 1.54) is 0 Å². The molecular formula is C14H13BrN2O. The molecule has 1 heterocycles. The zero-order chi connectivity index (χ0) is 13.1. The van der Waals surface area contributed by atoms with Crippen LogP contribution in [-0.2, 0) is 0 Å². The standard InChI is InChI=1S/C14H13BrN2O/c1-9-3-4-12(10(2)7-9)14(18)17-13-8-11(15)5-6-16-13/h3-8H,1-2H3,(H,16,17,18). The molecule has 2 aromatic rings. The van der Waals surface area contributed by atoms with Crippen LogP contribution in [0.1, 0.15) is 21.5 Å². The molecule has 2 rings (SSSR count). The van der Waals surface area contributed by atoms with Crippen LogP contribution in [-0.4, -0.2) is 10.9 Å². The Hall–Kier alpha value is -1.68. The van der Waals surface area contributed by atoms with Crippen molar-refractivity contribution in [3.05, 3.63) is 57.7 Å². The Kier molecular flexibility index (Phi) is 3.77. The molecule has 0 saturated heterocycles. The van der Waals surface area contributed by atoms with Crippen LogP contribution >= 0.6 is 15.9 Å². The maximum Gasteiger partial charge on any atom is 0.257 e. The van der Waals surface area contributed by atoms with Crippen LogP contribution in [0.15, 0.2) is 41.0 Å². The van der Waals surface area contributed by atoms with Gasteiger partial charge in [0.25, 0.3) is 5.91 Å². The highest BCUT2D eigenvalue weighted by Crippen LogP contribution is 2.15. The fraction of sp³-hybridized carbons (Fsp3) is 0.143. The van der Waals surface area contributed by atoms with E-state index >= 15 is 0 Å². The summed E-state index contributed by atoms with van der Waals surface area (Å²) in [4.78, 5) is 16.2. The summed E-state index contributed by atoms with van der Waals surface area (Å²) in [6.45, 7) is 3.93. The van der Waals surface area contributed by atoms with Gasteiger partial charge in [-0.05, 0) is 37.6 Å². The second-order valence-electron chi connectivity index (χ2n) is 4.13. The van der Waals surface area contributed by atoms with E-state index in [9.17, 15) is 4.79 Å². The Morgan fingerprint density at radius 1 is 1.22 bits per heavy atom. The summed E-state index contributed by atoms with van der Waals surface area (Å²) in [5.74, 6) is 0.396. The first kappa shape index (κ1) is 12.8. The minimum Gasteiger partial charge on any atom is -0.307 e. The average Bonchev–Trinajstić information content (AvgIpc) is 2.28. The van der Waals surface area contributed by atoms with Gasteiger partial charge in [0.1, 0.15) is 5.82 Å². The van der Waals surface area contributed by atoms with Gasteiger partial charge in [-0.15, -0.1) is 0 Å². The zero-order valence-corrected chi connectivity index (χ0v) is 11.8. The van der Waals surface area contributed by atoms with E-state index in [-0.39, 0.29) is 5.91 Å². The summed E-state index contributed by atoms with van der Waals surface area (Å²) in [6.07, 6.45) is 1.64. The molecule has 1 aromatic carbocycles. The molecule has 92 valence electrons. The molecule has 0 bridgehead atoms. The number of amides is 1. The van der Waals surface area contributed by atoms with Crippen molar-refractivity contribution >= 4 is 27.7 Å². The largest absolute Gasteiger partial charge is 0.307 e. The molecule has 4 heteroatoms. The molecule has 0 aliphatic rings. The van der Waals surface area contributed by atoms with Crippen LogP contribution in [0, 0.1) is 13.8 Å². The van der Waals surface area contributed by atoms with Crippen molar-refractivity contribution in [1.29, 1.82) is 0 Å². The number of carbonyl (C=O) groups is 1. The lowest BCUT2D eigenvalue weighted by atomic mass is 10.1. The quantitative estimate of drug-likeness (QED) is 0.919. The van der Waals surface area contributed by atoms with Gasteiger partial charge in [-0.25, -0.2) is 4.98 Å². The van der Waals surface area contributed by atoms with Crippen LogP contribution in [0.3, 0.4) is 0 Å². The smallest absolute Gasteiger partial charge is 0.257 e. The minimum atomic E-state index is -0.141. The first-order valence-electron chi connectivity index (χ1n) is 5.56. The second kappa shape index (κ2) is 5.31. The summed E-state index contributed by atoms with van der Waals surface area (Å²) in [7, 11) is 0.